The van der Waals surface area contributed by atoms with Crippen LogP contribution < -0.4 is 10.1 Å². The Bertz CT molecular complexity index is 998. The number of carbonyl (C=O) groups is 2. The molecule has 3 aromatic rings. The van der Waals surface area contributed by atoms with Gasteiger partial charge in [-0.2, -0.15) is 0 Å². The molecule has 0 unspecified atom stereocenters. The van der Waals surface area contributed by atoms with E-state index in [-0.39, 0.29) is 11.8 Å². The van der Waals surface area contributed by atoms with E-state index in [4.69, 9.17) is 4.74 Å². The van der Waals surface area contributed by atoms with Gasteiger partial charge in [-0.3, -0.25) is 9.59 Å². The average Bonchev–Trinajstić information content (AvgIpc) is 3.11. The van der Waals surface area contributed by atoms with Gasteiger partial charge in [0.25, 0.3) is 11.8 Å². The van der Waals surface area contributed by atoms with Crippen molar-refractivity contribution in [3.05, 3.63) is 75.7 Å². The summed E-state index contributed by atoms with van der Waals surface area (Å²) in [6, 6.07) is 13.8. The molecule has 1 heterocycles. The highest BCUT2D eigenvalue weighted by atomic mass is 32.1. The molecule has 0 aliphatic rings. The monoisotopic (exact) mass is 395 g/mol. The van der Waals surface area contributed by atoms with Crippen LogP contribution in [0, 0.1) is 6.92 Å². The Kier molecular flexibility index (Phi) is 6.06. The Hall–Kier alpha value is -3.19. The number of nitrogens with zero attached hydrogens (tertiary/aromatic N) is 2. The number of rotatable bonds is 6. The smallest absolute Gasteiger partial charge is 0.255 e. The van der Waals surface area contributed by atoms with E-state index < -0.39 is 0 Å². The first-order chi connectivity index (χ1) is 13.4. The molecule has 0 radical (unpaired) electrons. The summed E-state index contributed by atoms with van der Waals surface area (Å²) in [4.78, 5) is 30.5. The van der Waals surface area contributed by atoms with Gasteiger partial charge in [-0.15, -0.1) is 11.3 Å². The Morgan fingerprint density at radius 3 is 2.57 bits per heavy atom. The van der Waals surface area contributed by atoms with Gasteiger partial charge >= 0.3 is 0 Å². The third-order valence-corrected chi connectivity index (χ3v) is 4.75. The molecule has 1 aromatic heterocycles. The zero-order valence-corrected chi connectivity index (χ0v) is 16.7. The topological polar surface area (TPSA) is 71.5 Å². The molecule has 144 valence electrons. The minimum atomic E-state index is -0.274. The second-order valence-electron chi connectivity index (χ2n) is 6.41. The van der Waals surface area contributed by atoms with Crippen LogP contribution in [0.15, 0.2) is 53.9 Å². The molecule has 0 spiro atoms. The van der Waals surface area contributed by atoms with Crippen LogP contribution in [0.1, 0.15) is 31.4 Å². The van der Waals surface area contributed by atoms with Crippen molar-refractivity contribution in [3.8, 4) is 5.75 Å². The van der Waals surface area contributed by atoms with Crippen LogP contribution in [-0.2, 0) is 6.61 Å². The van der Waals surface area contributed by atoms with Gasteiger partial charge in [0.1, 0.15) is 12.4 Å². The van der Waals surface area contributed by atoms with Crippen molar-refractivity contribution in [3.63, 3.8) is 0 Å². The van der Waals surface area contributed by atoms with Crippen LogP contribution in [0.3, 0.4) is 0 Å². The zero-order valence-electron chi connectivity index (χ0n) is 15.9. The first-order valence-corrected chi connectivity index (χ1v) is 9.57. The highest BCUT2D eigenvalue weighted by molar-refractivity contribution is 7.09. The fourth-order valence-electron chi connectivity index (χ4n) is 2.55. The number of thiazole rings is 1. The minimum Gasteiger partial charge on any atom is -0.487 e. The van der Waals surface area contributed by atoms with Crippen molar-refractivity contribution < 1.29 is 14.3 Å². The predicted molar refractivity (Wildman–Crippen MR) is 110 cm³/mol. The van der Waals surface area contributed by atoms with E-state index in [0.717, 1.165) is 10.7 Å². The maximum Gasteiger partial charge on any atom is 0.255 e. The van der Waals surface area contributed by atoms with Crippen molar-refractivity contribution in [2.24, 2.45) is 0 Å². The molecule has 0 aliphatic heterocycles. The third kappa shape index (κ3) is 4.95. The number of carbonyl (C=O) groups excluding carboxylic acids is 2. The summed E-state index contributed by atoms with van der Waals surface area (Å²) >= 11 is 1.57. The lowest BCUT2D eigenvalue weighted by atomic mass is 10.1. The molecule has 0 atom stereocenters. The van der Waals surface area contributed by atoms with E-state index in [1.807, 2.05) is 12.3 Å². The Morgan fingerprint density at radius 1 is 1.11 bits per heavy atom. The van der Waals surface area contributed by atoms with Crippen molar-refractivity contribution in [2.75, 3.05) is 19.4 Å². The minimum absolute atomic E-state index is 0.122. The van der Waals surface area contributed by atoms with Crippen molar-refractivity contribution in [1.29, 1.82) is 0 Å². The lowest BCUT2D eigenvalue weighted by Gasteiger charge is -2.12. The molecule has 3 rings (SSSR count). The van der Waals surface area contributed by atoms with E-state index in [0.29, 0.717) is 29.2 Å². The average molecular weight is 395 g/mol. The largest absolute Gasteiger partial charge is 0.487 e. The number of aryl methyl sites for hydroxylation is 1. The standard InChI is InChI=1S/C21H21N3O3S/c1-14-22-18(13-28-14)12-27-19-9-5-6-15(11-19)20(25)23-17-8-4-7-16(10-17)21(26)24(2)3/h4-11,13H,12H2,1-3H3,(H,23,25). The molecule has 2 aromatic carbocycles. The van der Waals surface area contributed by atoms with Crippen molar-refractivity contribution in [2.45, 2.75) is 13.5 Å². The summed E-state index contributed by atoms with van der Waals surface area (Å²) < 4.78 is 5.74. The van der Waals surface area contributed by atoms with Gasteiger partial charge in [-0.25, -0.2) is 4.98 Å². The number of ether oxygens (including phenoxy) is 1. The molecular weight excluding hydrogens is 374 g/mol. The van der Waals surface area contributed by atoms with Crippen LogP contribution >= 0.6 is 11.3 Å². The van der Waals surface area contributed by atoms with Gasteiger partial charge in [0.15, 0.2) is 0 Å². The maximum atomic E-state index is 12.6. The van der Waals surface area contributed by atoms with E-state index >= 15 is 0 Å². The van der Waals surface area contributed by atoms with E-state index in [1.165, 1.54) is 4.90 Å². The maximum absolute atomic E-state index is 12.6. The van der Waals surface area contributed by atoms with E-state index in [2.05, 4.69) is 10.3 Å². The molecule has 0 aliphatic carbocycles. The Labute approximate surface area is 167 Å². The third-order valence-electron chi connectivity index (χ3n) is 3.92. The molecule has 6 nitrogen and oxygen atoms in total. The highest BCUT2D eigenvalue weighted by Gasteiger charge is 2.11. The number of aromatic nitrogens is 1. The molecule has 2 amide bonds. The van der Waals surface area contributed by atoms with Gasteiger partial charge in [0.05, 0.1) is 10.7 Å². The van der Waals surface area contributed by atoms with Gasteiger partial charge in [-0.1, -0.05) is 12.1 Å². The van der Waals surface area contributed by atoms with E-state index in [1.54, 1.807) is 74.0 Å². The number of benzene rings is 2. The number of nitrogens with one attached hydrogen (secondary N) is 1. The number of hydrogen-bond acceptors (Lipinski definition) is 5. The molecular formula is C21H21N3O3S. The predicted octanol–water partition coefficient (Wildman–Crippen LogP) is 3.98. The summed E-state index contributed by atoms with van der Waals surface area (Å²) in [7, 11) is 3.37. The van der Waals surface area contributed by atoms with Crippen LogP contribution in [0.25, 0.3) is 0 Å². The number of anilines is 1. The van der Waals surface area contributed by atoms with Crippen molar-refractivity contribution in [1.82, 2.24) is 9.88 Å². The van der Waals surface area contributed by atoms with Crippen LogP contribution in [-0.4, -0.2) is 35.8 Å². The molecule has 1 N–H and O–H groups in total. The van der Waals surface area contributed by atoms with Crippen molar-refractivity contribution >= 4 is 28.8 Å². The molecule has 7 heteroatoms. The molecule has 0 fully saturated rings. The molecule has 0 saturated heterocycles. The van der Waals surface area contributed by atoms with Crippen LogP contribution in [0.4, 0.5) is 5.69 Å². The van der Waals surface area contributed by atoms with Gasteiger partial charge in [0, 0.05) is 36.3 Å². The van der Waals surface area contributed by atoms with Gasteiger partial charge < -0.3 is 15.0 Å². The summed E-state index contributed by atoms with van der Waals surface area (Å²) in [6.07, 6.45) is 0. The summed E-state index contributed by atoms with van der Waals surface area (Å²) in [5, 5.41) is 5.76. The highest BCUT2D eigenvalue weighted by Crippen LogP contribution is 2.18. The first-order valence-electron chi connectivity index (χ1n) is 8.69. The van der Waals surface area contributed by atoms with E-state index in [9.17, 15) is 9.59 Å². The lowest BCUT2D eigenvalue weighted by Crippen LogP contribution is -2.22. The molecule has 0 bridgehead atoms. The van der Waals surface area contributed by atoms with Crippen LogP contribution in [0.5, 0.6) is 5.75 Å². The Balaban J connectivity index is 1.67. The zero-order chi connectivity index (χ0) is 20.1. The number of hydrogen-bond donors (Lipinski definition) is 1. The van der Waals surface area contributed by atoms with Gasteiger partial charge in [-0.05, 0) is 43.3 Å². The quantitative estimate of drug-likeness (QED) is 0.685. The molecule has 28 heavy (non-hydrogen) atoms. The lowest BCUT2D eigenvalue weighted by molar-refractivity contribution is 0.0827. The number of amides is 2. The second-order valence-corrected chi connectivity index (χ2v) is 7.47. The Morgan fingerprint density at radius 2 is 1.86 bits per heavy atom. The summed E-state index contributed by atoms with van der Waals surface area (Å²) in [5.74, 6) is 0.197. The second kappa shape index (κ2) is 8.67. The fraction of sp³-hybridized carbons (Fsp3) is 0.190. The molecule has 0 saturated carbocycles. The normalized spacial score (nSPS) is 10.4. The van der Waals surface area contributed by atoms with Crippen LogP contribution in [0.2, 0.25) is 0 Å². The summed E-state index contributed by atoms with van der Waals surface area (Å²) in [6.45, 7) is 2.30. The SMILES string of the molecule is Cc1nc(COc2cccc(C(=O)Nc3cccc(C(=O)N(C)C)c3)c2)cs1. The van der Waals surface area contributed by atoms with Gasteiger partial charge in [0.2, 0.25) is 0 Å². The summed E-state index contributed by atoms with van der Waals surface area (Å²) in [5.41, 5.74) is 2.40. The first kappa shape index (κ1) is 19.6. The fourth-order valence-corrected chi connectivity index (χ4v) is 3.15.